The molecule has 150 valence electrons. The summed E-state index contributed by atoms with van der Waals surface area (Å²) in [5.74, 6) is -0.379. The molecule has 0 saturated carbocycles. The van der Waals surface area contributed by atoms with E-state index in [1.807, 2.05) is 25.1 Å². The minimum Gasteiger partial charge on any atom is -0.325 e. The minimum atomic E-state index is -0.592. The summed E-state index contributed by atoms with van der Waals surface area (Å²) in [6.45, 7) is 1.66. The summed E-state index contributed by atoms with van der Waals surface area (Å²) in [6, 6.07) is 15.9. The van der Waals surface area contributed by atoms with E-state index < -0.39 is 11.2 Å². The number of pyridine rings is 2. The fraction of sp³-hybridized carbons (Fsp3) is 0.136. The number of nitrogens with zero attached hydrogens (tertiary/aromatic N) is 4. The number of fused-ring (bicyclic) bond motifs is 1. The molecule has 0 fully saturated rings. The summed E-state index contributed by atoms with van der Waals surface area (Å²) >= 11 is 0. The van der Waals surface area contributed by atoms with Crippen molar-refractivity contribution in [3.05, 3.63) is 99.1 Å². The first-order valence-corrected chi connectivity index (χ1v) is 9.38. The number of amides is 1. The number of benzene rings is 1. The largest absolute Gasteiger partial charge is 0.332 e. The van der Waals surface area contributed by atoms with Crippen LogP contribution in [0.2, 0.25) is 0 Å². The lowest BCUT2D eigenvalue weighted by molar-refractivity contribution is -0.116. The number of rotatable bonds is 5. The molecule has 4 rings (SSSR count). The summed E-state index contributed by atoms with van der Waals surface area (Å²) in [6.07, 6.45) is 3.07. The average molecular weight is 401 g/mol. The third-order valence-electron chi connectivity index (χ3n) is 4.64. The summed E-state index contributed by atoms with van der Waals surface area (Å²) in [5, 5.41) is 2.79. The summed E-state index contributed by atoms with van der Waals surface area (Å²) in [7, 11) is 0. The van der Waals surface area contributed by atoms with Crippen molar-refractivity contribution in [1.82, 2.24) is 19.1 Å². The Labute approximate surface area is 171 Å². The zero-order valence-electron chi connectivity index (χ0n) is 16.3. The molecule has 3 heterocycles. The molecule has 0 saturated heterocycles. The van der Waals surface area contributed by atoms with Gasteiger partial charge in [-0.05, 0) is 48.9 Å². The van der Waals surface area contributed by atoms with Crippen molar-refractivity contribution in [3.63, 3.8) is 0 Å². The molecular weight excluding hydrogens is 382 g/mol. The Morgan fingerprint density at radius 1 is 0.967 bits per heavy atom. The lowest BCUT2D eigenvalue weighted by Gasteiger charge is -2.13. The number of nitrogens with one attached hydrogen (secondary N) is 1. The normalized spacial score (nSPS) is 10.8. The molecule has 0 aliphatic rings. The lowest BCUT2D eigenvalue weighted by atomic mass is 10.2. The van der Waals surface area contributed by atoms with Gasteiger partial charge >= 0.3 is 5.69 Å². The molecule has 0 aliphatic heterocycles. The number of aromatic nitrogens is 4. The van der Waals surface area contributed by atoms with Crippen LogP contribution in [-0.2, 0) is 17.9 Å². The van der Waals surface area contributed by atoms with Crippen LogP contribution in [0, 0.1) is 6.92 Å². The van der Waals surface area contributed by atoms with E-state index in [0.717, 1.165) is 10.1 Å². The van der Waals surface area contributed by atoms with E-state index in [4.69, 9.17) is 0 Å². The second-order valence-electron chi connectivity index (χ2n) is 6.87. The monoisotopic (exact) mass is 401 g/mol. The Morgan fingerprint density at radius 2 is 1.80 bits per heavy atom. The van der Waals surface area contributed by atoms with E-state index in [0.29, 0.717) is 16.9 Å². The molecule has 0 unspecified atom stereocenters. The molecule has 4 aromatic rings. The van der Waals surface area contributed by atoms with Gasteiger partial charge < -0.3 is 5.32 Å². The second-order valence-corrected chi connectivity index (χ2v) is 6.87. The number of hydrogen-bond acceptors (Lipinski definition) is 5. The van der Waals surface area contributed by atoms with Gasteiger partial charge in [0, 0.05) is 18.1 Å². The smallest absolute Gasteiger partial charge is 0.325 e. The molecule has 3 aromatic heterocycles. The zero-order valence-corrected chi connectivity index (χ0v) is 16.3. The SMILES string of the molecule is Cc1cccc(NC(=O)Cn2c(=O)n(Cc3ccccn3)c(=O)c3ncccc32)c1. The van der Waals surface area contributed by atoms with Crippen LogP contribution >= 0.6 is 0 Å². The first-order valence-electron chi connectivity index (χ1n) is 9.38. The fourth-order valence-corrected chi connectivity index (χ4v) is 3.26. The Balaban J connectivity index is 1.76. The zero-order chi connectivity index (χ0) is 21.1. The Bertz CT molecular complexity index is 1340. The molecule has 0 radical (unpaired) electrons. The Hall–Kier alpha value is -4.07. The maximum Gasteiger partial charge on any atom is 0.332 e. The maximum absolute atomic E-state index is 13.1. The molecule has 1 aromatic carbocycles. The first-order chi connectivity index (χ1) is 14.5. The van der Waals surface area contributed by atoms with E-state index >= 15 is 0 Å². The van der Waals surface area contributed by atoms with Crippen molar-refractivity contribution in [2.24, 2.45) is 0 Å². The molecule has 0 aliphatic carbocycles. The number of anilines is 1. The number of carbonyl (C=O) groups is 1. The molecule has 8 heteroatoms. The fourth-order valence-electron chi connectivity index (χ4n) is 3.26. The molecule has 30 heavy (non-hydrogen) atoms. The van der Waals surface area contributed by atoms with Crippen LogP contribution in [0.3, 0.4) is 0 Å². The van der Waals surface area contributed by atoms with E-state index in [-0.39, 0.29) is 24.5 Å². The highest BCUT2D eigenvalue weighted by molar-refractivity contribution is 5.91. The van der Waals surface area contributed by atoms with Gasteiger partial charge in [-0.3, -0.25) is 23.7 Å². The Kier molecular flexibility index (Phi) is 5.21. The molecule has 0 spiro atoms. The number of aryl methyl sites for hydroxylation is 1. The quantitative estimate of drug-likeness (QED) is 0.551. The lowest BCUT2D eigenvalue weighted by Crippen LogP contribution is -2.42. The van der Waals surface area contributed by atoms with Gasteiger partial charge in [-0.1, -0.05) is 18.2 Å². The highest BCUT2D eigenvalue weighted by Gasteiger charge is 2.16. The van der Waals surface area contributed by atoms with E-state index in [2.05, 4.69) is 15.3 Å². The van der Waals surface area contributed by atoms with Crippen LogP contribution in [0.4, 0.5) is 5.69 Å². The predicted octanol–water partition coefficient (Wildman–Crippen LogP) is 1.95. The molecule has 0 atom stereocenters. The van der Waals surface area contributed by atoms with Crippen LogP contribution in [0.1, 0.15) is 11.3 Å². The first kappa shape index (κ1) is 19.3. The van der Waals surface area contributed by atoms with Crippen LogP contribution in [0.5, 0.6) is 0 Å². The van der Waals surface area contributed by atoms with Gasteiger partial charge in [-0.15, -0.1) is 0 Å². The minimum absolute atomic E-state index is 0.00940. The molecule has 8 nitrogen and oxygen atoms in total. The molecule has 0 bridgehead atoms. The summed E-state index contributed by atoms with van der Waals surface area (Å²) < 4.78 is 2.31. The maximum atomic E-state index is 13.1. The van der Waals surface area contributed by atoms with Gasteiger partial charge in [0.1, 0.15) is 6.54 Å². The van der Waals surface area contributed by atoms with E-state index in [9.17, 15) is 14.4 Å². The molecule has 1 amide bonds. The van der Waals surface area contributed by atoms with Crippen molar-refractivity contribution < 1.29 is 4.79 Å². The molecular formula is C22H19N5O3. The van der Waals surface area contributed by atoms with E-state index in [1.54, 1.807) is 42.6 Å². The highest BCUT2D eigenvalue weighted by atomic mass is 16.2. The van der Waals surface area contributed by atoms with Crippen molar-refractivity contribution in [2.45, 2.75) is 20.0 Å². The average Bonchev–Trinajstić information content (AvgIpc) is 2.75. The van der Waals surface area contributed by atoms with E-state index in [1.165, 1.54) is 10.8 Å². The van der Waals surface area contributed by atoms with Crippen molar-refractivity contribution in [2.75, 3.05) is 5.32 Å². The van der Waals surface area contributed by atoms with Gasteiger partial charge in [0.05, 0.1) is 17.8 Å². The van der Waals surface area contributed by atoms with Gasteiger partial charge in [-0.2, -0.15) is 0 Å². The third kappa shape index (κ3) is 3.88. The highest BCUT2D eigenvalue weighted by Crippen LogP contribution is 2.10. The van der Waals surface area contributed by atoms with Crippen molar-refractivity contribution >= 4 is 22.6 Å². The van der Waals surface area contributed by atoms with Crippen molar-refractivity contribution in [1.29, 1.82) is 0 Å². The predicted molar refractivity (Wildman–Crippen MR) is 113 cm³/mol. The van der Waals surface area contributed by atoms with Crippen LogP contribution in [0.15, 0.2) is 76.6 Å². The second kappa shape index (κ2) is 8.12. The van der Waals surface area contributed by atoms with Crippen LogP contribution < -0.4 is 16.6 Å². The third-order valence-corrected chi connectivity index (χ3v) is 4.64. The molecule has 1 N–H and O–H groups in total. The summed E-state index contributed by atoms with van der Waals surface area (Å²) in [5.41, 5.74) is 1.52. The van der Waals surface area contributed by atoms with Crippen LogP contribution in [-0.4, -0.2) is 25.0 Å². The summed E-state index contributed by atoms with van der Waals surface area (Å²) in [4.78, 5) is 47.0. The van der Waals surface area contributed by atoms with Gasteiger partial charge in [-0.25, -0.2) is 9.78 Å². The van der Waals surface area contributed by atoms with Gasteiger partial charge in [0.2, 0.25) is 5.91 Å². The number of carbonyl (C=O) groups excluding carboxylic acids is 1. The Morgan fingerprint density at radius 3 is 2.57 bits per heavy atom. The van der Waals surface area contributed by atoms with Gasteiger partial charge in [0.15, 0.2) is 5.52 Å². The van der Waals surface area contributed by atoms with Crippen molar-refractivity contribution in [3.8, 4) is 0 Å². The number of hydrogen-bond donors (Lipinski definition) is 1. The topological polar surface area (TPSA) is 98.9 Å². The standard InChI is InChI=1S/C22H19N5O3/c1-15-6-4-8-16(12-15)25-19(28)14-26-18-9-5-11-24-20(18)21(29)27(22(26)30)13-17-7-2-3-10-23-17/h2-12H,13-14H2,1H3,(H,25,28). The van der Waals surface area contributed by atoms with Gasteiger partial charge in [0.25, 0.3) is 5.56 Å². The van der Waals surface area contributed by atoms with Crippen LogP contribution in [0.25, 0.3) is 11.0 Å².